The van der Waals surface area contributed by atoms with Gasteiger partial charge in [0.2, 0.25) is 0 Å². The molecule has 5 heteroatoms. The van der Waals surface area contributed by atoms with Crippen LogP contribution in [0.25, 0.3) is 0 Å². The maximum Gasteiger partial charge on any atom is 0.306 e. The number of carbonyl (C=O) groups is 2. The van der Waals surface area contributed by atoms with Crippen molar-refractivity contribution in [1.82, 2.24) is 0 Å². The van der Waals surface area contributed by atoms with Gasteiger partial charge in [-0.1, -0.05) is 6.42 Å². The maximum atomic E-state index is 11.5. The zero-order valence-corrected chi connectivity index (χ0v) is 11.4. The SMILES string of the molecule is CCOC(=O)C[C@H](C=O)[C@H]1COC2(CCCCC2)O1. The highest BCUT2D eigenvalue weighted by Crippen LogP contribution is 2.39. The molecule has 2 rings (SSSR count). The smallest absolute Gasteiger partial charge is 0.306 e. The summed E-state index contributed by atoms with van der Waals surface area (Å²) in [6.45, 7) is 2.47. The van der Waals surface area contributed by atoms with Crippen LogP contribution in [0.15, 0.2) is 0 Å². The fourth-order valence-corrected chi connectivity index (χ4v) is 2.82. The van der Waals surface area contributed by atoms with Gasteiger partial charge in [-0.05, 0) is 19.8 Å². The molecular weight excluding hydrogens is 248 g/mol. The fourth-order valence-electron chi connectivity index (χ4n) is 2.82. The molecule has 0 unspecified atom stereocenters. The average Bonchev–Trinajstić information content (AvgIpc) is 2.81. The lowest BCUT2D eigenvalue weighted by molar-refractivity contribution is -0.192. The molecule has 0 aromatic heterocycles. The molecule has 1 aliphatic heterocycles. The van der Waals surface area contributed by atoms with Crippen molar-refractivity contribution in [2.75, 3.05) is 13.2 Å². The average molecular weight is 270 g/mol. The third kappa shape index (κ3) is 3.54. The zero-order chi connectivity index (χ0) is 13.7. The molecule has 19 heavy (non-hydrogen) atoms. The number of rotatable bonds is 5. The Hall–Kier alpha value is -0.940. The van der Waals surface area contributed by atoms with E-state index in [0.29, 0.717) is 13.2 Å². The van der Waals surface area contributed by atoms with Crippen molar-refractivity contribution in [3.05, 3.63) is 0 Å². The Morgan fingerprint density at radius 3 is 2.79 bits per heavy atom. The molecule has 108 valence electrons. The van der Waals surface area contributed by atoms with Gasteiger partial charge in [-0.2, -0.15) is 0 Å². The minimum atomic E-state index is -0.501. The summed E-state index contributed by atoms with van der Waals surface area (Å²) in [7, 11) is 0. The highest BCUT2D eigenvalue weighted by atomic mass is 16.7. The molecule has 2 aliphatic rings. The molecule has 1 heterocycles. The van der Waals surface area contributed by atoms with Crippen LogP contribution in [0, 0.1) is 5.92 Å². The molecule has 0 radical (unpaired) electrons. The van der Waals surface area contributed by atoms with E-state index >= 15 is 0 Å². The van der Waals surface area contributed by atoms with E-state index in [2.05, 4.69) is 0 Å². The lowest BCUT2D eigenvalue weighted by atomic mass is 9.94. The third-order valence-corrected chi connectivity index (χ3v) is 3.85. The topological polar surface area (TPSA) is 61.8 Å². The molecule has 0 amide bonds. The second kappa shape index (κ2) is 6.48. The van der Waals surface area contributed by atoms with E-state index in [1.54, 1.807) is 6.92 Å². The van der Waals surface area contributed by atoms with E-state index in [4.69, 9.17) is 14.2 Å². The van der Waals surface area contributed by atoms with Gasteiger partial charge < -0.3 is 19.0 Å². The first-order valence-electron chi connectivity index (χ1n) is 7.12. The molecule has 2 fully saturated rings. The van der Waals surface area contributed by atoms with Gasteiger partial charge >= 0.3 is 5.97 Å². The van der Waals surface area contributed by atoms with E-state index in [-0.39, 0.29) is 18.5 Å². The first-order valence-corrected chi connectivity index (χ1v) is 7.12. The first kappa shape index (κ1) is 14.5. The molecule has 0 aromatic carbocycles. The van der Waals surface area contributed by atoms with Crippen molar-refractivity contribution in [1.29, 1.82) is 0 Å². The number of aldehydes is 1. The van der Waals surface area contributed by atoms with E-state index in [9.17, 15) is 9.59 Å². The second-order valence-electron chi connectivity index (χ2n) is 5.25. The Morgan fingerprint density at radius 1 is 1.42 bits per heavy atom. The van der Waals surface area contributed by atoms with Crippen molar-refractivity contribution in [3.8, 4) is 0 Å². The summed E-state index contributed by atoms with van der Waals surface area (Å²) < 4.78 is 16.6. The molecule has 5 nitrogen and oxygen atoms in total. The molecular formula is C14H22O5. The number of esters is 1. The van der Waals surface area contributed by atoms with Gasteiger partial charge in [-0.25, -0.2) is 0 Å². The van der Waals surface area contributed by atoms with Crippen molar-refractivity contribution in [3.63, 3.8) is 0 Å². The van der Waals surface area contributed by atoms with Gasteiger partial charge in [0, 0.05) is 12.8 Å². The lowest BCUT2D eigenvalue weighted by Crippen LogP contribution is -2.35. The van der Waals surface area contributed by atoms with E-state index in [1.165, 1.54) is 6.42 Å². The minimum absolute atomic E-state index is 0.0709. The molecule has 2 atom stereocenters. The van der Waals surface area contributed by atoms with Gasteiger partial charge in [-0.3, -0.25) is 4.79 Å². The van der Waals surface area contributed by atoms with Gasteiger partial charge in [0.15, 0.2) is 5.79 Å². The highest BCUT2D eigenvalue weighted by Gasteiger charge is 2.45. The van der Waals surface area contributed by atoms with Crippen LogP contribution in [0.4, 0.5) is 0 Å². The van der Waals surface area contributed by atoms with E-state index in [1.807, 2.05) is 0 Å². The standard InChI is InChI=1S/C14H22O5/c1-2-17-13(16)8-11(9-15)12-10-18-14(19-12)6-4-3-5-7-14/h9,11-12H,2-8,10H2,1H3/t11-,12-/m1/s1. The summed E-state index contributed by atoms with van der Waals surface area (Å²) >= 11 is 0. The Bertz CT molecular complexity index is 322. The molecule has 1 saturated heterocycles. The molecule has 0 bridgehead atoms. The molecule has 1 saturated carbocycles. The lowest BCUT2D eigenvalue weighted by Gasteiger charge is -2.32. The van der Waals surface area contributed by atoms with Crippen LogP contribution in [0.5, 0.6) is 0 Å². The Balaban J connectivity index is 1.90. The number of carbonyl (C=O) groups excluding carboxylic acids is 2. The van der Waals surface area contributed by atoms with Crippen LogP contribution in [-0.2, 0) is 23.8 Å². The fraction of sp³-hybridized carbons (Fsp3) is 0.857. The molecule has 1 aliphatic carbocycles. The van der Waals surface area contributed by atoms with Crippen molar-refractivity contribution >= 4 is 12.3 Å². The molecule has 1 spiro atoms. The van der Waals surface area contributed by atoms with Crippen LogP contribution in [0.3, 0.4) is 0 Å². The van der Waals surface area contributed by atoms with Crippen LogP contribution >= 0.6 is 0 Å². The first-order chi connectivity index (χ1) is 9.19. The third-order valence-electron chi connectivity index (χ3n) is 3.85. The Kier molecular flexibility index (Phi) is 4.93. The summed E-state index contributed by atoms with van der Waals surface area (Å²) in [6.07, 6.45) is 5.70. The van der Waals surface area contributed by atoms with Crippen LogP contribution in [0.2, 0.25) is 0 Å². The zero-order valence-electron chi connectivity index (χ0n) is 11.4. The van der Waals surface area contributed by atoms with Gasteiger partial charge in [0.05, 0.1) is 31.7 Å². The van der Waals surface area contributed by atoms with Crippen molar-refractivity contribution in [2.45, 2.75) is 57.3 Å². The summed E-state index contributed by atoms with van der Waals surface area (Å²) in [6, 6.07) is 0. The van der Waals surface area contributed by atoms with Gasteiger partial charge in [0.1, 0.15) is 6.29 Å². The second-order valence-corrected chi connectivity index (χ2v) is 5.25. The summed E-state index contributed by atoms with van der Waals surface area (Å²) in [5.41, 5.74) is 0. The normalized spacial score (nSPS) is 27.1. The van der Waals surface area contributed by atoms with Crippen molar-refractivity contribution in [2.24, 2.45) is 5.92 Å². The number of ether oxygens (including phenoxy) is 3. The van der Waals surface area contributed by atoms with Crippen LogP contribution < -0.4 is 0 Å². The predicted octanol–water partition coefficient (Wildman–Crippen LogP) is 1.83. The monoisotopic (exact) mass is 270 g/mol. The number of hydrogen-bond acceptors (Lipinski definition) is 5. The van der Waals surface area contributed by atoms with E-state index < -0.39 is 11.7 Å². The largest absolute Gasteiger partial charge is 0.466 e. The Labute approximate surface area is 113 Å². The maximum absolute atomic E-state index is 11.5. The molecule has 0 aromatic rings. The van der Waals surface area contributed by atoms with Gasteiger partial charge in [0.25, 0.3) is 0 Å². The van der Waals surface area contributed by atoms with E-state index in [0.717, 1.165) is 32.0 Å². The quantitative estimate of drug-likeness (QED) is 0.563. The minimum Gasteiger partial charge on any atom is -0.466 e. The summed E-state index contributed by atoms with van der Waals surface area (Å²) in [5, 5.41) is 0. The number of hydrogen-bond donors (Lipinski definition) is 0. The van der Waals surface area contributed by atoms with Crippen LogP contribution in [-0.4, -0.2) is 37.4 Å². The van der Waals surface area contributed by atoms with Crippen molar-refractivity contribution < 1.29 is 23.8 Å². The van der Waals surface area contributed by atoms with Gasteiger partial charge in [-0.15, -0.1) is 0 Å². The summed E-state index contributed by atoms with van der Waals surface area (Å²) in [4.78, 5) is 22.6. The predicted molar refractivity (Wildman–Crippen MR) is 67.4 cm³/mol. The van der Waals surface area contributed by atoms with Crippen LogP contribution in [0.1, 0.15) is 45.4 Å². The molecule has 0 N–H and O–H groups in total. The summed E-state index contributed by atoms with van der Waals surface area (Å²) in [5.74, 6) is -1.33. The Morgan fingerprint density at radius 2 is 2.16 bits per heavy atom. The highest BCUT2D eigenvalue weighted by molar-refractivity contribution is 5.74.